The molecule has 0 atom stereocenters. The minimum Gasteiger partial charge on any atom is -0.455 e. The molecule has 3 aromatic rings. The lowest BCUT2D eigenvalue weighted by molar-refractivity contribution is 0.478. The van der Waals surface area contributed by atoms with Crippen molar-refractivity contribution in [2.75, 3.05) is 0 Å². The molecule has 0 aliphatic carbocycles. The zero-order chi connectivity index (χ0) is 13.2. The summed E-state index contributed by atoms with van der Waals surface area (Å²) >= 11 is 3.10. The van der Waals surface area contributed by atoms with E-state index in [0.29, 0.717) is 16.0 Å². The van der Waals surface area contributed by atoms with Gasteiger partial charge in [0, 0.05) is 11.5 Å². The van der Waals surface area contributed by atoms with Crippen molar-refractivity contribution in [2.24, 2.45) is 0 Å². The average molecular weight is 319 g/mol. The van der Waals surface area contributed by atoms with E-state index in [4.69, 9.17) is 4.74 Å². The summed E-state index contributed by atoms with van der Waals surface area (Å²) in [6, 6.07) is 12.1. The summed E-state index contributed by atoms with van der Waals surface area (Å²) in [7, 11) is 0. The number of halogens is 2. The molecule has 0 bridgehead atoms. The van der Waals surface area contributed by atoms with Gasteiger partial charge in [0.15, 0.2) is 5.75 Å². The van der Waals surface area contributed by atoms with Crippen molar-refractivity contribution < 1.29 is 9.13 Å². The minimum absolute atomic E-state index is 0.371. The maximum Gasteiger partial charge on any atom is 0.156 e. The van der Waals surface area contributed by atoms with Crippen molar-refractivity contribution in [3.63, 3.8) is 0 Å². The molecule has 1 aromatic heterocycles. The van der Waals surface area contributed by atoms with Gasteiger partial charge in [-0.25, -0.2) is 4.39 Å². The van der Waals surface area contributed by atoms with Crippen LogP contribution in [0.3, 0.4) is 0 Å². The van der Waals surface area contributed by atoms with Gasteiger partial charge in [-0.3, -0.25) is 0 Å². The third kappa shape index (κ3) is 2.42. The van der Waals surface area contributed by atoms with E-state index >= 15 is 0 Å². The van der Waals surface area contributed by atoms with Crippen molar-refractivity contribution in [2.45, 2.75) is 0 Å². The maximum absolute atomic E-state index is 13.4. The van der Waals surface area contributed by atoms with Crippen LogP contribution in [0, 0.1) is 5.82 Å². The van der Waals surface area contributed by atoms with E-state index in [1.54, 1.807) is 12.1 Å². The Morgan fingerprint density at radius 3 is 2.79 bits per heavy atom. The molecule has 0 radical (unpaired) electrons. The third-order valence-corrected chi connectivity index (χ3v) is 3.27. The lowest BCUT2D eigenvalue weighted by Gasteiger charge is -2.08. The van der Waals surface area contributed by atoms with Crippen molar-refractivity contribution in [3.05, 3.63) is 59.0 Å². The summed E-state index contributed by atoms with van der Waals surface area (Å²) in [6.07, 6.45) is 1.52. The summed E-state index contributed by atoms with van der Waals surface area (Å²) in [4.78, 5) is 0. The molecule has 0 aliphatic rings. The highest BCUT2D eigenvalue weighted by atomic mass is 79.9. The molecule has 0 spiro atoms. The smallest absolute Gasteiger partial charge is 0.156 e. The number of nitrogens with zero attached hydrogens (tertiary/aromatic N) is 2. The highest BCUT2D eigenvalue weighted by Crippen LogP contribution is 2.29. The molecule has 0 saturated heterocycles. The van der Waals surface area contributed by atoms with Crippen molar-refractivity contribution in [1.82, 2.24) is 10.2 Å². The zero-order valence-corrected chi connectivity index (χ0v) is 11.3. The van der Waals surface area contributed by atoms with Crippen LogP contribution < -0.4 is 4.74 Å². The monoisotopic (exact) mass is 318 g/mol. The molecule has 2 aromatic carbocycles. The number of aromatic nitrogens is 2. The van der Waals surface area contributed by atoms with Crippen LogP contribution in [0.5, 0.6) is 11.5 Å². The predicted octanol–water partition coefficient (Wildman–Crippen LogP) is 4.32. The number of hydrogen-bond acceptors (Lipinski definition) is 3. The van der Waals surface area contributed by atoms with Gasteiger partial charge >= 0.3 is 0 Å². The molecule has 0 aliphatic heterocycles. The Balaban J connectivity index is 2.03. The van der Waals surface area contributed by atoms with Crippen LogP contribution >= 0.6 is 15.9 Å². The summed E-state index contributed by atoms with van der Waals surface area (Å²) in [5.74, 6) is 0.593. The first kappa shape index (κ1) is 12.0. The second-order valence-electron chi connectivity index (χ2n) is 3.90. The van der Waals surface area contributed by atoms with Gasteiger partial charge in [-0.2, -0.15) is 10.2 Å². The van der Waals surface area contributed by atoms with Crippen LogP contribution in [-0.4, -0.2) is 10.2 Å². The fourth-order valence-electron chi connectivity index (χ4n) is 1.73. The molecule has 3 rings (SSSR count). The number of benzene rings is 2. The first-order chi connectivity index (χ1) is 9.24. The fourth-order valence-corrected chi connectivity index (χ4v) is 1.98. The zero-order valence-electron chi connectivity index (χ0n) is 9.68. The van der Waals surface area contributed by atoms with Gasteiger partial charge in [0.1, 0.15) is 11.6 Å². The van der Waals surface area contributed by atoms with E-state index in [2.05, 4.69) is 26.1 Å². The van der Waals surface area contributed by atoms with E-state index < -0.39 is 0 Å². The largest absolute Gasteiger partial charge is 0.455 e. The Labute approximate surface area is 117 Å². The Hall–Kier alpha value is -2.01. The van der Waals surface area contributed by atoms with Crippen LogP contribution in [0.25, 0.3) is 10.9 Å². The number of rotatable bonds is 2. The number of hydrogen-bond donors (Lipinski definition) is 0. The molecule has 5 heteroatoms. The molecule has 19 heavy (non-hydrogen) atoms. The van der Waals surface area contributed by atoms with Crippen molar-refractivity contribution in [3.8, 4) is 11.5 Å². The molecule has 1 heterocycles. The molecule has 0 unspecified atom stereocenters. The van der Waals surface area contributed by atoms with Crippen LogP contribution in [0.2, 0.25) is 0 Å². The van der Waals surface area contributed by atoms with E-state index in [1.807, 2.05) is 24.3 Å². The predicted molar refractivity (Wildman–Crippen MR) is 73.7 cm³/mol. The molecular weight excluding hydrogens is 311 g/mol. The molecule has 0 N–H and O–H groups in total. The second kappa shape index (κ2) is 4.93. The first-order valence-electron chi connectivity index (χ1n) is 5.57. The van der Waals surface area contributed by atoms with Crippen LogP contribution in [0.4, 0.5) is 4.39 Å². The van der Waals surface area contributed by atoms with Crippen molar-refractivity contribution in [1.29, 1.82) is 0 Å². The number of fused-ring (bicyclic) bond motifs is 1. The molecule has 0 amide bonds. The Kier molecular flexibility index (Phi) is 3.13. The normalized spacial score (nSPS) is 10.6. The van der Waals surface area contributed by atoms with E-state index in [-0.39, 0.29) is 5.82 Å². The molecule has 0 saturated carbocycles. The quantitative estimate of drug-likeness (QED) is 0.705. The summed E-state index contributed by atoms with van der Waals surface area (Å²) in [5.41, 5.74) is 0.734. The minimum atomic E-state index is -0.371. The van der Waals surface area contributed by atoms with Gasteiger partial charge < -0.3 is 4.74 Å². The van der Waals surface area contributed by atoms with Crippen LogP contribution in [0.1, 0.15) is 0 Å². The summed E-state index contributed by atoms with van der Waals surface area (Å²) < 4.78 is 19.5. The lowest BCUT2D eigenvalue weighted by atomic mass is 10.2. The van der Waals surface area contributed by atoms with E-state index in [1.165, 1.54) is 12.3 Å². The van der Waals surface area contributed by atoms with Gasteiger partial charge in [-0.05, 0) is 40.2 Å². The standard InChI is InChI=1S/C14H8BrFN2O/c15-11-6-5-9(7-12(11)16)19-14-8-17-18-13-4-2-1-3-10(13)14/h1-8H. The van der Waals surface area contributed by atoms with Gasteiger partial charge in [0.25, 0.3) is 0 Å². The Morgan fingerprint density at radius 2 is 1.95 bits per heavy atom. The third-order valence-electron chi connectivity index (χ3n) is 2.63. The topological polar surface area (TPSA) is 35.0 Å². The second-order valence-corrected chi connectivity index (χ2v) is 4.76. The van der Waals surface area contributed by atoms with E-state index in [0.717, 1.165) is 10.9 Å². The van der Waals surface area contributed by atoms with Crippen molar-refractivity contribution >= 4 is 26.8 Å². The van der Waals surface area contributed by atoms with Gasteiger partial charge in [0.05, 0.1) is 16.2 Å². The number of ether oxygens (including phenoxy) is 1. The highest BCUT2D eigenvalue weighted by molar-refractivity contribution is 9.10. The molecular formula is C14H8BrFN2O. The highest BCUT2D eigenvalue weighted by Gasteiger charge is 2.06. The van der Waals surface area contributed by atoms with Gasteiger partial charge in [-0.1, -0.05) is 12.1 Å². The van der Waals surface area contributed by atoms with Gasteiger partial charge in [0.2, 0.25) is 0 Å². The molecule has 3 nitrogen and oxygen atoms in total. The van der Waals surface area contributed by atoms with Gasteiger partial charge in [-0.15, -0.1) is 0 Å². The lowest BCUT2D eigenvalue weighted by Crippen LogP contribution is -1.91. The Morgan fingerprint density at radius 1 is 1.11 bits per heavy atom. The summed E-state index contributed by atoms with van der Waals surface area (Å²) in [6.45, 7) is 0. The first-order valence-corrected chi connectivity index (χ1v) is 6.37. The van der Waals surface area contributed by atoms with Crippen LogP contribution in [-0.2, 0) is 0 Å². The molecule has 94 valence electrons. The Bertz CT molecular complexity index is 743. The molecule has 0 fully saturated rings. The van der Waals surface area contributed by atoms with E-state index in [9.17, 15) is 4.39 Å². The summed E-state index contributed by atoms with van der Waals surface area (Å²) in [5, 5.41) is 8.71. The SMILES string of the molecule is Fc1cc(Oc2cnnc3ccccc23)ccc1Br. The average Bonchev–Trinajstić information content (AvgIpc) is 2.43. The fraction of sp³-hybridized carbons (Fsp3) is 0. The maximum atomic E-state index is 13.4. The van der Waals surface area contributed by atoms with Crippen LogP contribution in [0.15, 0.2) is 53.1 Å².